The molecule has 0 heterocycles. The Balaban J connectivity index is -0.0000000800. The van der Waals surface area contributed by atoms with E-state index in [2.05, 4.69) is 6.92 Å². The molecule has 0 aromatic rings. The monoisotopic (exact) mass is 228 g/mol. The number of hydrogen-bond acceptors (Lipinski definition) is 1. The third-order valence-electron chi connectivity index (χ3n) is 0.512. The fourth-order valence-electron chi connectivity index (χ4n) is 0.158. The van der Waals surface area contributed by atoms with Crippen LogP contribution in [0.3, 0.4) is 0 Å². The molecule has 0 rings (SSSR count). The summed E-state index contributed by atoms with van der Waals surface area (Å²) in [4.78, 5) is 0. The maximum absolute atomic E-state index is 8.07. The van der Waals surface area contributed by atoms with Crippen LogP contribution in [0.2, 0.25) is 0 Å². The summed E-state index contributed by atoms with van der Waals surface area (Å²) < 4.78 is 0. The molecular formula is C4H13IMgO. The van der Waals surface area contributed by atoms with Gasteiger partial charge in [-0.15, -0.1) is 24.0 Å². The van der Waals surface area contributed by atoms with Gasteiger partial charge >= 0.3 is 23.1 Å². The van der Waals surface area contributed by atoms with E-state index in [1.54, 1.807) is 0 Å². The zero-order chi connectivity index (χ0) is 4.12. The summed E-state index contributed by atoms with van der Waals surface area (Å²) in [6.07, 6.45) is 2.04. The topological polar surface area (TPSA) is 20.2 Å². The Labute approximate surface area is 78.0 Å². The van der Waals surface area contributed by atoms with E-state index >= 15 is 0 Å². The minimum atomic E-state index is 0. The lowest BCUT2D eigenvalue weighted by Crippen LogP contribution is -1.75. The van der Waals surface area contributed by atoms with Crippen molar-refractivity contribution < 1.29 is 5.11 Å². The first-order valence-corrected chi connectivity index (χ1v) is 2.02. The minimum Gasteiger partial charge on any atom is -0.396 e. The van der Waals surface area contributed by atoms with Crippen LogP contribution in [-0.2, 0) is 0 Å². The maximum atomic E-state index is 8.07. The Hall–Kier alpha value is 1.46. The average Bonchev–Trinajstić information content (AvgIpc) is 1.41. The van der Waals surface area contributed by atoms with E-state index in [1.165, 1.54) is 0 Å². The molecule has 0 fully saturated rings. The van der Waals surface area contributed by atoms with Crippen LogP contribution >= 0.6 is 24.0 Å². The van der Waals surface area contributed by atoms with Crippen molar-refractivity contribution in [2.24, 2.45) is 0 Å². The molecule has 0 aromatic heterocycles. The van der Waals surface area contributed by atoms with Gasteiger partial charge in [0.15, 0.2) is 0 Å². The van der Waals surface area contributed by atoms with Gasteiger partial charge in [-0.05, 0) is 6.42 Å². The molecule has 0 bridgehead atoms. The van der Waals surface area contributed by atoms with E-state index in [4.69, 9.17) is 5.11 Å². The first-order chi connectivity index (χ1) is 2.41. The van der Waals surface area contributed by atoms with Gasteiger partial charge in [0.1, 0.15) is 0 Å². The number of halogens is 1. The van der Waals surface area contributed by atoms with Crippen molar-refractivity contribution in [2.75, 3.05) is 6.61 Å². The minimum absolute atomic E-state index is 0. The molecule has 3 heteroatoms. The largest absolute Gasteiger partial charge is 0.396 e. The van der Waals surface area contributed by atoms with Gasteiger partial charge in [-0.3, -0.25) is 0 Å². The summed E-state index contributed by atoms with van der Waals surface area (Å²) in [5, 5.41) is 8.07. The summed E-state index contributed by atoms with van der Waals surface area (Å²) in [5.74, 6) is 0. The Bertz CT molecular complexity index is 19.2. The Morgan fingerprint density at radius 3 is 1.86 bits per heavy atom. The Morgan fingerprint density at radius 2 is 1.86 bits per heavy atom. The molecule has 0 unspecified atom stereocenters. The standard InChI is InChI=1S/C4H10O.HI.Mg.2H/c1-2-3-4-5;;;;/h5H,2-4H2,1H3;1H;;;. The summed E-state index contributed by atoms with van der Waals surface area (Å²) in [5.41, 5.74) is 0. The van der Waals surface area contributed by atoms with E-state index in [1.807, 2.05) is 0 Å². The molecule has 0 atom stereocenters. The summed E-state index contributed by atoms with van der Waals surface area (Å²) in [6.45, 7) is 2.40. The highest BCUT2D eigenvalue weighted by molar-refractivity contribution is 14.0. The third kappa shape index (κ3) is 18.6. The van der Waals surface area contributed by atoms with Crippen LogP contribution < -0.4 is 0 Å². The lowest BCUT2D eigenvalue weighted by Gasteiger charge is -1.79. The Morgan fingerprint density at radius 1 is 1.43 bits per heavy atom. The van der Waals surface area contributed by atoms with Gasteiger partial charge in [-0.25, -0.2) is 0 Å². The van der Waals surface area contributed by atoms with E-state index in [0.717, 1.165) is 12.8 Å². The average molecular weight is 228 g/mol. The smallest absolute Gasteiger partial charge is 0.316 e. The van der Waals surface area contributed by atoms with Gasteiger partial charge in [-0.2, -0.15) is 0 Å². The lowest BCUT2D eigenvalue weighted by molar-refractivity contribution is 0.287. The van der Waals surface area contributed by atoms with Gasteiger partial charge in [-0.1, -0.05) is 13.3 Å². The number of rotatable bonds is 2. The second-order valence-corrected chi connectivity index (χ2v) is 1.08. The normalized spacial score (nSPS) is 6.00. The summed E-state index contributed by atoms with van der Waals surface area (Å²) in [6, 6.07) is 0. The van der Waals surface area contributed by atoms with Gasteiger partial charge in [0.2, 0.25) is 0 Å². The van der Waals surface area contributed by atoms with Crippen molar-refractivity contribution in [1.29, 1.82) is 0 Å². The van der Waals surface area contributed by atoms with Crippen LogP contribution in [0.1, 0.15) is 19.8 Å². The highest BCUT2D eigenvalue weighted by Crippen LogP contribution is 1.78. The second kappa shape index (κ2) is 15.7. The molecule has 0 aliphatic carbocycles. The lowest BCUT2D eigenvalue weighted by atomic mass is 10.4. The number of aliphatic hydroxyl groups excluding tert-OH is 1. The molecule has 1 nitrogen and oxygen atoms in total. The number of hydrogen-bond donors (Lipinski definition) is 1. The van der Waals surface area contributed by atoms with Crippen molar-refractivity contribution in [3.8, 4) is 0 Å². The van der Waals surface area contributed by atoms with Gasteiger partial charge in [0.05, 0.1) is 0 Å². The fourth-order valence-corrected chi connectivity index (χ4v) is 0.158. The van der Waals surface area contributed by atoms with Crippen molar-refractivity contribution in [3.63, 3.8) is 0 Å². The highest BCUT2D eigenvalue weighted by Gasteiger charge is 1.69. The van der Waals surface area contributed by atoms with E-state index in [0.29, 0.717) is 6.61 Å². The molecule has 44 valence electrons. The summed E-state index contributed by atoms with van der Waals surface area (Å²) >= 11 is 0. The van der Waals surface area contributed by atoms with E-state index < -0.39 is 0 Å². The molecule has 0 amide bonds. The molecule has 0 saturated heterocycles. The second-order valence-electron chi connectivity index (χ2n) is 1.08. The molecule has 1 N–H and O–H groups in total. The predicted molar refractivity (Wildman–Crippen MR) is 46.0 cm³/mol. The molecule has 0 aliphatic heterocycles. The van der Waals surface area contributed by atoms with Crippen molar-refractivity contribution in [3.05, 3.63) is 0 Å². The first kappa shape index (κ1) is 15.8. The molecule has 0 aromatic carbocycles. The zero-order valence-electron chi connectivity index (χ0n) is 3.98. The van der Waals surface area contributed by atoms with E-state index in [-0.39, 0.29) is 47.0 Å². The van der Waals surface area contributed by atoms with Crippen LogP contribution in [0.25, 0.3) is 0 Å². The van der Waals surface area contributed by atoms with Gasteiger partial charge in [0, 0.05) is 6.61 Å². The fraction of sp³-hybridized carbons (Fsp3) is 1.00. The molecule has 0 saturated carbocycles. The number of unbranched alkanes of at least 4 members (excludes halogenated alkanes) is 1. The van der Waals surface area contributed by atoms with Crippen LogP contribution in [0, 0.1) is 0 Å². The molecule has 0 radical (unpaired) electrons. The van der Waals surface area contributed by atoms with Crippen LogP contribution in [0.15, 0.2) is 0 Å². The van der Waals surface area contributed by atoms with Crippen LogP contribution in [0.4, 0.5) is 0 Å². The van der Waals surface area contributed by atoms with Gasteiger partial charge in [0.25, 0.3) is 0 Å². The maximum Gasteiger partial charge on any atom is 0.316 e. The number of aliphatic hydroxyl groups is 1. The summed E-state index contributed by atoms with van der Waals surface area (Å²) in [7, 11) is 0. The molecule has 0 aliphatic rings. The molecule has 0 spiro atoms. The SMILES string of the molecule is CCCCO.I.[MgH2]. The first-order valence-electron chi connectivity index (χ1n) is 2.02. The third-order valence-corrected chi connectivity index (χ3v) is 0.512. The molecule has 7 heavy (non-hydrogen) atoms. The van der Waals surface area contributed by atoms with Crippen LogP contribution in [-0.4, -0.2) is 34.8 Å². The van der Waals surface area contributed by atoms with Crippen molar-refractivity contribution in [2.45, 2.75) is 19.8 Å². The van der Waals surface area contributed by atoms with Crippen LogP contribution in [0.5, 0.6) is 0 Å². The zero-order valence-corrected chi connectivity index (χ0v) is 6.31. The van der Waals surface area contributed by atoms with Gasteiger partial charge < -0.3 is 5.11 Å². The quantitative estimate of drug-likeness (QED) is 0.538. The van der Waals surface area contributed by atoms with Crippen molar-refractivity contribution >= 4 is 47.0 Å². The van der Waals surface area contributed by atoms with Crippen molar-refractivity contribution in [1.82, 2.24) is 0 Å². The predicted octanol–water partition coefficient (Wildman–Crippen LogP) is 0.481. The highest BCUT2D eigenvalue weighted by atomic mass is 127. The Kier molecular flexibility index (Phi) is 35.3. The van der Waals surface area contributed by atoms with E-state index in [9.17, 15) is 0 Å². The molecular weight excluding hydrogens is 215 g/mol.